The van der Waals surface area contributed by atoms with Crippen molar-refractivity contribution in [2.45, 2.75) is 45.9 Å². The van der Waals surface area contributed by atoms with Crippen LogP contribution in [-0.4, -0.2) is 36.4 Å². The normalized spacial score (nSPS) is 15.9. The Bertz CT molecular complexity index is 926. The molecule has 0 saturated carbocycles. The second-order valence-electron chi connectivity index (χ2n) is 7.38. The average Bonchev–Trinajstić information content (AvgIpc) is 3.16. The third-order valence-corrected chi connectivity index (χ3v) is 5.49. The molecule has 3 heterocycles. The van der Waals surface area contributed by atoms with Gasteiger partial charge in [0.2, 0.25) is 5.95 Å². The predicted molar refractivity (Wildman–Crippen MR) is 107 cm³/mol. The number of aliphatic hydroxyl groups is 1. The molecule has 146 valence electrons. The Morgan fingerprint density at radius 3 is 2.57 bits per heavy atom. The lowest BCUT2D eigenvalue weighted by atomic mass is 10.0. The lowest BCUT2D eigenvalue weighted by molar-refractivity contribution is 0.103. The molecule has 1 aromatic carbocycles. The number of hydrogen-bond acceptors (Lipinski definition) is 6. The van der Waals surface area contributed by atoms with E-state index in [0.29, 0.717) is 18.9 Å². The molecule has 3 aromatic rings. The monoisotopic (exact) mass is 378 g/mol. The molecule has 4 rings (SSSR count). The predicted octanol–water partition coefficient (Wildman–Crippen LogP) is 2.76. The van der Waals surface area contributed by atoms with Gasteiger partial charge in [0.15, 0.2) is 5.82 Å². The molecule has 28 heavy (non-hydrogen) atoms. The summed E-state index contributed by atoms with van der Waals surface area (Å²) in [4.78, 5) is 11.1. The summed E-state index contributed by atoms with van der Waals surface area (Å²) in [7, 11) is 0. The third kappa shape index (κ3) is 3.62. The van der Waals surface area contributed by atoms with Crippen LogP contribution in [0.3, 0.4) is 0 Å². The van der Waals surface area contributed by atoms with E-state index in [9.17, 15) is 5.11 Å². The molecule has 0 bridgehead atoms. The SMILES string of the molecule is CCC(C)C(O)c1nnc(N2CCc3nccnc3C2)n1Cc1ccccc1. The van der Waals surface area contributed by atoms with Crippen LogP contribution in [0.4, 0.5) is 5.95 Å². The highest BCUT2D eigenvalue weighted by molar-refractivity contribution is 5.37. The quantitative estimate of drug-likeness (QED) is 0.710. The van der Waals surface area contributed by atoms with Crippen molar-refractivity contribution >= 4 is 5.95 Å². The molecule has 2 atom stereocenters. The molecule has 1 N–H and O–H groups in total. The Morgan fingerprint density at radius 1 is 1.07 bits per heavy atom. The summed E-state index contributed by atoms with van der Waals surface area (Å²) in [5.74, 6) is 1.51. The number of benzene rings is 1. The summed E-state index contributed by atoms with van der Waals surface area (Å²) >= 11 is 0. The van der Waals surface area contributed by atoms with Crippen molar-refractivity contribution in [2.75, 3.05) is 11.4 Å². The minimum Gasteiger partial charge on any atom is -0.385 e. The van der Waals surface area contributed by atoms with E-state index in [4.69, 9.17) is 0 Å². The molecule has 0 fully saturated rings. The molecule has 0 amide bonds. The fourth-order valence-electron chi connectivity index (χ4n) is 3.56. The number of rotatable bonds is 6. The zero-order valence-electron chi connectivity index (χ0n) is 16.4. The van der Waals surface area contributed by atoms with Crippen LogP contribution < -0.4 is 4.90 Å². The van der Waals surface area contributed by atoms with Crippen LogP contribution in [0.2, 0.25) is 0 Å². The summed E-state index contributed by atoms with van der Waals surface area (Å²) in [5, 5.41) is 19.7. The van der Waals surface area contributed by atoms with Gasteiger partial charge in [-0.3, -0.25) is 14.5 Å². The summed E-state index contributed by atoms with van der Waals surface area (Å²) in [5.41, 5.74) is 3.18. The van der Waals surface area contributed by atoms with E-state index >= 15 is 0 Å². The summed E-state index contributed by atoms with van der Waals surface area (Å²) in [6.07, 6.45) is 4.53. The number of aliphatic hydroxyl groups excluding tert-OH is 1. The van der Waals surface area contributed by atoms with Gasteiger partial charge in [-0.1, -0.05) is 50.6 Å². The molecule has 2 unspecified atom stereocenters. The fourth-order valence-corrected chi connectivity index (χ4v) is 3.56. The van der Waals surface area contributed by atoms with Crippen LogP contribution in [0, 0.1) is 5.92 Å². The maximum atomic E-state index is 10.9. The second kappa shape index (κ2) is 8.06. The van der Waals surface area contributed by atoms with Gasteiger partial charge in [-0.2, -0.15) is 0 Å². The van der Waals surface area contributed by atoms with Crippen LogP contribution in [0.25, 0.3) is 0 Å². The lowest BCUT2D eigenvalue weighted by Gasteiger charge is -2.29. The number of fused-ring (bicyclic) bond motifs is 1. The highest BCUT2D eigenvalue weighted by Gasteiger charge is 2.28. The summed E-state index contributed by atoms with van der Waals surface area (Å²) < 4.78 is 2.05. The highest BCUT2D eigenvalue weighted by Crippen LogP contribution is 2.28. The average molecular weight is 378 g/mol. The first-order chi connectivity index (χ1) is 13.7. The van der Waals surface area contributed by atoms with Crippen molar-refractivity contribution in [3.05, 3.63) is 65.5 Å². The first-order valence-electron chi connectivity index (χ1n) is 9.86. The van der Waals surface area contributed by atoms with E-state index < -0.39 is 6.10 Å². The van der Waals surface area contributed by atoms with Crippen LogP contribution in [-0.2, 0) is 19.5 Å². The van der Waals surface area contributed by atoms with Gasteiger partial charge in [0, 0.05) is 25.4 Å². The van der Waals surface area contributed by atoms with E-state index in [1.54, 1.807) is 12.4 Å². The Morgan fingerprint density at radius 2 is 1.82 bits per heavy atom. The first kappa shape index (κ1) is 18.6. The van der Waals surface area contributed by atoms with Gasteiger partial charge in [-0.05, 0) is 11.5 Å². The van der Waals surface area contributed by atoms with E-state index in [1.165, 1.54) is 0 Å². The molecule has 1 aliphatic rings. The molecular formula is C21H26N6O. The maximum Gasteiger partial charge on any atom is 0.228 e. The molecule has 0 saturated heterocycles. The van der Waals surface area contributed by atoms with Crippen molar-refractivity contribution in [1.82, 2.24) is 24.7 Å². The van der Waals surface area contributed by atoms with Crippen LogP contribution >= 0.6 is 0 Å². The van der Waals surface area contributed by atoms with Crippen LogP contribution in [0.5, 0.6) is 0 Å². The maximum absolute atomic E-state index is 10.9. The van der Waals surface area contributed by atoms with E-state index in [0.717, 1.165) is 42.3 Å². The van der Waals surface area contributed by atoms with E-state index in [2.05, 4.69) is 44.1 Å². The zero-order chi connectivity index (χ0) is 19.5. The van der Waals surface area contributed by atoms with Crippen LogP contribution in [0.1, 0.15) is 49.1 Å². The number of aromatic nitrogens is 5. The minimum atomic E-state index is -0.646. The standard InChI is InChI=1S/C21H26N6O/c1-3-15(2)19(28)20-24-25-21(27(20)13-16-7-5-4-6-8-16)26-12-9-17-18(14-26)23-11-10-22-17/h4-8,10-11,15,19,28H,3,9,12-14H2,1-2H3. The highest BCUT2D eigenvalue weighted by atomic mass is 16.3. The van der Waals surface area contributed by atoms with E-state index in [-0.39, 0.29) is 5.92 Å². The Balaban J connectivity index is 1.70. The topological polar surface area (TPSA) is 80.0 Å². The smallest absolute Gasteiger partial charge is 0.228 e. The Hall–Kier alpha value is -2.80. The molecule has 0 spiro atoms. The minimum absolute atomic E-state index is 0.111. The Labute approximate surface area is 165 Å². The zero-order valence-corrected chi connectivity index (χ0v) is 16.4. The van der Waals surface area contributed by atoms with Crippen molar-refractivity contribution < 1.29 is 5.11 Å². The largest absolute Gasteiger partial charge is 0.385 e. The van der Waals surface area contributed by atoms with Gasteiger partial charge in [0.05, 0.1) is 24.5 Å². The molecular weight excluding hydrogens is 352 g/mol. The molecule has 7 nitrogen and oxygen atoms in total. The summed E-state index contributed by atoms with van der Waals surface area (Å²) in [6.45, 7) is 6.19. The van der Waals surface area contributed by atoms with Gasteiger partial charge in [-0.25, -0.2) is 0 Å². The lowest BCUT2D eigenvalue weighted by Crippen LogP contribution is -2.34. The van der Waals surface area contributed by atoms with Crippen molar-refractivity contribution in [1.29, 1.82) is 0 Å². The third-order valence-electron chi connectivity index (χ3n) is 5.49. The number of anilines is 1. The second-order valence-corrected chi connectivity index (χ2v) is 7.38. The number of nitrogens with zero attached hydrogens (tertiary/aromatic N) is 6. The number of hydrogen-bond donors (Lipinski definition) is 1. The van der Waals surface area contributed by atoms with Gasteiger partial charge < -0.3 is 10.0 Å². The van der Waals surface area contributed by atoms with Crippen LogP contribution in [0.15, 0.2) is 42.7 Å². The molecule has 0 radical (unpaired) electrons. The molecule has 1 aliphatic heterocycles. The van der Waals surface area contributed by atoms with Crippen molar-refractivity contribution in [2.24, 2.45) is 5.92 Å². The van der Waals surface area contributed by atoms with Gasteiger partial charge in [-0.15, -0.1) is 10.2 Å². The van der Waals surface area contributed by atoms with Crippen molar-refractivity contribution in [3.63, 3.8) is 0 Å². The van der Waals surface area contributed by atoms with Gasteiger partial charge >= 0.3 is 0 Å². The fraction of sp³-hybridized carbons (Fsp3) is 0.429. The van der Waals surface area contributed by atoms with Crippen molar-refractivity contribution in [3.8, 4) is 0 Å². The summed E-state index contributed by atoms with van der Waals surface area (Å²) in [6, 6.07) is 10.2. The van der Waals surface area contributed by atoms with Gasteiger partial charge in [0.1, 0.15) is 6.10 Å². The molecule has 2 aromatic heterocycles. The molecule has 7 heteroatoms. The molecule has 0 aliphatic carbocycles. The first-order valence-corrected chi connectivity index (χ1v) is 9.86. The van der Waals surface area contributed by atoms with Gasteiger partial charge in [0.25, 0.3) is 0 Å². The van der Waals surface area contributed by atoms with E-state index in [1.807, 2.05) is 29.7 Å². The Kier molecular flexibility index (Phi) is 5.34.